The molecule has 19 heavy (non-hydrogen) atoms. The van der Waals surface area contributed by atoms with Crippen LogP contribution in [-0.4, -0.2) is 37.7 Å². The molecule has 1 unspecified atom stereocenters. The van der Waals surface area contributed by atoms with Crippen LogP contribution in [0.3, 0.4) is 0 Å². The van der Waals surface area contributed by atoms with Gasteiger partial charge in [0.15, 0.2) is 11.6 Å². The lowest BCUT2D eigenvalue weighted by atomic mass is 10.0. The summed E-state index contributed by atoms with van der Waals surface area (Å²) in [4.78, 5) is 2.02. The van der Waals surface area contributed by atoms with Gasteiger partial charge >= 0.3 is 0 Å². The fourth-order valence-corrected chi connectivity index (χ4v) is 2.19. The van der Waals surface area contributed by atoms with E-state index in [9.17, 15) is 8.78 Å². The number of rotatable bonds is 7. The number of methoxy groups -OCH3 is 1. The molecule has 0 radical (unpaired) electrons. The molecule has 1 aromatic rings. The van der Waals surface area contributed by atoms with Gasteiger partial charge in [-0.3, -0.25) is 4.90 Å². The van der Waals surface area contributed by atoms with Gasteiger partial charge in [0.05, 0.1) is 12.6 Å². The van der Waals surface area contributed by atoms with Gasteiger partial charge in [0, 0.05) is 31.8 Å². The summed E-state index contributed by atoms with van der Waals surface area (Å²) in [5.74, 6) is -1.66. The molecule has 0 aliphatic rings. The van der Waals surface area contributed by atoms with E-state index >= 15 is 0 Å². The first-order valence-electron chi connectivity index (χ1n) is 6.41. The molecule has 0 saturated heterocycles. The summed E-state index contributed by atoms with van der Waals surface area (Å²) >= 11 is 0. The van der Waals surface area contributed by atoms with Crippen molar-refractivity contribution in [3.05, 3.63) is 35.4 Å². The van der Waals surface area contributed by atoms with E-state index in [0.717, 1.165) is 6.07 Å². The monoisotopic (exact) mass is 272 g/mol. The largest absolute Gasteiger partial charge is 0.383 e. The third kappa shape index (κ3) is 3.96. The number of nitrogens with zero attached hydrogens (tertiary/aromatic N) is 1. The maximum absolute atomic E-state index is 13.9. The second-order valence-corrected chi connectivity index (χ2v) is 4.72. The Hall–Kier alpha value is -1.04. The van der Waals surface area contributed by atoms with E-state index in [0.29, 0.717) is 18.7 Å². The first-order valence-corrected chi connectivity index (χ1v) is 6.41. The van der Waals surface area contributed by atoms with Gasteiger partial charge in [-0.25, -0.2) is 8.78 Å². The zero-order valence-corrected chi connectivity index (χ0v) is 11.7. The molecular formula is C14H22F2N2O. The normalized spacial score (nSPS) is 13.3. The van der Waals surface area contributed by atoms with Crippen LogP contribution in [-0.2, 0) is 4.74 Å². The number of hydrogen-bond donors (Lipinski definition) is 1. The lowest BCUT2D eigenvalue weighted by molar-refractivity contribution is 0.0962. The van der Waals surface area contributed by atoms with E-state index in [1.165, 1.54) is 6.07 Å². The summed E-state index contributed by atoms with van der Waals surface area (Å²) in [6.45, 7) is 5.35. The minimum absolute atomic E-state index is 0.159. The highest BCUT2D eigenvalue weighted by Gasteiger charge is 2.25. The molecule has 0 spiro atoms. The summed E-state index contributed by atoms with van der Waals surface area (Å²) < 4.78 is 32.3. The van der Waals surface area contributed by atoms with Crippen LogP contribution >= 0.6 is 0 Å². The van der Waals surface area contributed by atoms with Crippen molar-refractivity contribution >= 4 is 0 Å². The van der Waals surface area contributed by atoms with Crippen molar-refractivity contribution in [3.8, 4) is 0 Å². The van der Waals surface area contributed by atoms with Crippen LogP contribution in [0.15, 0.2) is 18.2 Å². The Balaban J connectivity index is 3.05. The van der Waals surface area contributed by atoms with Crippen molar-refractivity contribution in [3.63, 3.8) is 0 Å². The van der Waals surface area contributed by atoms with Crippen LogP contribution in [0.25, 0.3) is 0 Å². The van der Waals surface area contributed by atoms with Gasteiger partial charge in [0.25, 0.3) is 0 Å². The quantitative estimate of drug-likeness (QED) is 0.828. The predicted octanol–water partition coefficient (Wildman–Crippen LogP) is 2.32. The van der Waals surface area contributed by atoms with Crippen molar-refractivity contribution in [2.75, 3.05) is 26.8 Å². The zero-order valence-electron chi connectivity index (χ0n) is 11.7. The Bertz CT molecular complexity index is 399. The molecule has 2 N–H and O–H groups in total. The van der Waals surface area contributed by atoms with E-state index in [-0.39, 0.29) is 18.6 Å². The first kappa shape index (κ1) is 16.0. The van der Waals surface area contributed by atoms with Crippen molar-refractivity contribution in [2.45, 2.75) is 25.9 Å². The smallest absolute Gasteiger partial charge is 0.163 e. The lowest BCUT2D eigenvalue weighted by Gasteiger charge is -2.34. The first-order chi connectivity index (χ1) is 9.02. The van der Waals surface area contributed by atoms with Crippen molar-refractivity contribution in [2.24, 2.45) is 5.73 Å². The molecule has 0 amide bonds. The third-order valence-corrected chi connectivity index (χ3v) is 3.18. The van der Waals surface area contributed by atoms with Gasteiger partial charge in [-0.05, 0) is 19.9 Å². The summed E-state index contributed by atoms with van der Waals surface area (Å²) in [5, 5.41) is 0. The molecule has 1 rings (SSSR count). The number of ether oxygens (including phenoxy) is 1. The molecule has 0 aromatic heterocycles. The molecule has 3 nitrogen and oxygen atoms in total. The fourth-order valence-electron chi connectivity index (χ4n) is 2.19. The summed E-state index contributed by atoms with van der Waals surface area (Å²) in [5.41, 5.74) is 6.06. The van der Waals surface area contributed by atoms with E-state index in [2.05, 4.69) is 0 Å². The number of benzene rings is 1. The van der Waals surface area contributed by atoms with Crippen LogP contribution in [0, 0.1) is 11.6 Å². The van der Waals surface area contributed by atoms with Gasteiger partial charge in [0.1, 0.15) is 0 Å². The second-order valence-electron chi connectivity index (χ2n) is 4.72. The van der Waals surface area contributed by atoms with Crippen LogP contribution in [0.1, 0.15) is 25.5 Å². The average Bonchev–Trinajstić information content (AvgIpc) is 2.38. The van der Waals surface area contributed by atoms with Crippen LogP contribution in [0.5, 0.6) is 0 Å². The molecule has 0 fully saturated rings. The van der Waals surface area contributed by atoms with Gasteiger partial charge in [-0.15, -0.1) is 0 Å². The zero-order chi connectivity index (χ0) is 14.4. The van der Waals surface area contributed by atoms with Crippen molar-refractivity contribution in [1.82, 2.24) is 4.90 Å². The second kappa shape index (κ2) is 7.53. The molecule has 0 saturated carbocycles. The van der Waals surface area contributed by atoms with Gasteiger partial charge in [0.2, 0.25) is 0 Å². The Morgan fingerprint density at radius 2 is 2.00 bits per heavy atom. The molecule has 5 heteroatoms. The Labute approximate surface area is 113 Å². The van der Waals surface area contributed by atoms with Crippen LogP contribution in [0.4, 0.5) is 8.78 Å². The summed E-state index contributed by atoms with van der Waals surface area (Å²) in [6, 6.07) is 4.00. The maximum atomic E-state index is 13.9. The minimum Gasteiger partial charge on any atom is -0.383 e. The molecule has 0 aliphatic heterocycles. The van der Waals surface area contributed by atoms with Crippen molar-refractivity contribution in [1.29, 1.82) is 0 Å². The lowest BCUT2D eigenvalue weighted by Crippen LogP contribution is -2.41. The Kier molecular flexibility index (Phi) is 6.34. The molecule has 1 atom stereocenters. The fraction of sp³-hybridized carbons (Fsp3) is 0.571. The van der Waals surface area contributed by atoms with Crippen LogP contribution < -0.4 is 5.73 Å². The number of hydrogen-bond acceptors (Lipinski definition) is 3. The highest BCUT2D eigenvalue weighted by molar-refractivity contribution is 5.23. The molecule has 1 aromatic carbocycles. The van der Waals surface area contributed by atoms with Gasteiger partial charge < -0.3 is 10.5 Å². The number of halogens is 2. The SMILES string of the molecule is COCCN(C(C)C)C(CN)c1cccc(F)c1F. The topological polar surface area (TPSA) is 38.5 Å². The number of nitrogens with two attached hydrogens (primary N) is 1. The van der Waals surface area contributed by atoms with E-state index in [1.807, 2.05) is 18.7 Å². The average molecular weight is 272 g/mol. The Morgan fingerprint density at radius 3 is 2.53 bits per heavy atom. The maximum Gasteiger partial charge on any atom is 0.163 e. The summed E-state index contributed by atoms with van der Waals surface area (Å²) in [7, 11) is 1.61. The third-order valence-electron chi connectivity index (χ3n) is 3.18. The van der Waals surface area contributed by atoms with E-state index in [1.54, 1.807) is 13.2 Å². The predicted molar refractivity (Wildman–Crippen MR) is 71.9 cm³/mol. The highest BCUT2D eigenvalue weighted by Crippen LogP contribution is 2.25. The molecular weight excluding hydrogens is 250 g/mol. The van der Waals surface area contributed by atoms with Crippen molar-refractivity contribution < 1.29 is 13.5 Å². The van der Waals surface area contributed by atoms with Gasteiger partial charge in [-0.1, -0.05) is 12.1 Å². The highest BCUT2D eigenvalue weighted by atomic mass is 19.2. The standard InChI is InChI=1S/C14H22F2N2O/c1-10(2)18(7-8-19-3)13(9-17)11-5-4-6-12(15)14(11)16/h4-6,10,13H,7-9,17H2,1-3H3. The Morgan fingerprint density at radius 1 is 1.32 bits per heavy atom. The van der Waals surface area contributed by atoms with E-state index in [4.69, 9.17) is 10.5 Å². The minimum atomic E-state index is -0.841. The summed E-state index contributed by atoms with van der Waals surface area (Å²) in [6.07, 6.45) is 0. The molecule has 0 aliphatic carbocycles. The molecule has 0 bridgehead atoms. The van der Waals surface area contributed by atoms with Crippen LogP contribution in [0.2, 0.25) is 0 Å². The molecule has 0 heterocycles. The molecule has 108 valence electrons. The van der Waals surface area contributed by atoms with E-state index < -0.39 is 11.6 Å². The van der Waals surface area contributed by atoms with Gasteiger partial charge in [-0.2, -0.15) is 0 Å².